The molecule has 0 aliphatic carbocycles. The van der Waals surface area contributed by atoms with Crippen LogP contribution in [0.15, 0.2) is 78.4 Å². The van der Waals surface area contributed by atoms with E-state index in [0.29, 0.717) is 43.5 Å². The van der Waals surface area contributed by atoms with Crippen LogP contribution in [-0.4, -0.2) is 60.4 Å². The number of amides is 1. The summed E-state index contributed by atoms with van der Waals surface area (Å²) in [5.74, 6) is 0.263. The smallest absolute Gasteiger partial charge is 0.295 e. The molecule has 1 fully saturated rings. The molecule has 210 valence electrons. The maximum atomic E-state index is 13.3. The highest BCUT2D eigenvalue weighted by atomic mass is 16.5. The van der Waals surface area contributed by atoms with Gasteiger partial charge < -0.3 is 24.4 Å². The minimum atomic E-state index is -0.722. The van der Waals surface area contributed by atoms with E-state index in [1.54, 1.807) is 23.1 Å². The predicted molar refractivity (Wildman–Crippen MR) is 156 cm³/mol. The molecule has 3 aromatic rings. The first-order valence-corrected chi connectivity index (χ1v) is 13.6. The Hall–Kier alpha value is -4.10. The molecule has 1 aliphatic rings. The van der Waals surface area contributed by atoms with E-state index in [-0.39, 0.29) is 11.3 Å². The van der Waals surface area contributed by atoms with Gasteiger partial charge in [0, 0.05) is 18.7 Å². The van der Waals surface area contributed by atoms with E-state index in [2.05, 4.69) is 13.8 Å². The summed E-state index contributed by atoms with van der Waals surface area (Å²) < 4.78 is 11.8. The number of ketones is 1. The van der Waals surface area contributed by atoms with E-state index in [1.807, 2.05) is 80.5 Å². The SMILES string of the molecule is Cc1cc(/C(O)=C2\C(=O)C(=O)N(CCN(C)C)C2c2ccc(OCc3ccccc3)cc2)ccc1OCC(C)C. The standard InChI is InChI=1S/C33H38N2O5/c1-22(2)20-40-28-16-13-26(19-23(28)3)31(36)29-30(35(18-17-34(4)5)33(38)32(29)37)25-11-14-27(15-12-25)39-21-24-9-7-6-8-10-24/h6-16,19,22,30,36H,17-18,20-21H2,1-5H3/b31-29+. The van der Waals surface area contributed by atoms with E-state index >= 15 is 0 Å². The number of aliphatic hydroxyl groups excluding tert-OH is 1. The lowest BCUT2D eigenvalue weighted by molar-refractivity contribution is -0.140. The van der Waals surface area contributed by atoms with Crippen molar-refractivity contribution in [1.82, 2.24) is 9.80 Å². The van der Waals surface area contributed by atoms with Crippen LogP contribution in [-0.2, 0) is 16.2 Å². The third-order valence-corrected chi connectivity index (χ3v) is 6.79. The number of ether oxygens (including phenoxy) is 2. The fourth-order valence-electron chi connectivity index (χ4n) is 4.62. The molecule has 0 saturated carbocycles. The zero-order chi connectivity index (χ0) is 28.8. The Kier molecular flexibility index (Phi) is 9.27. The Balaban J connectivity index is 1.67. The molecule has 1 unspecified atom stereocenters. The Bertz CT molecular complexity index is 1360. The summed E-state index contributed by atoms with van der Waals surface area (Å²) in [6.45, 7) is 7.97. The summed E-state index contributed by atoms with van der Waals surface area (Å²) in [4.78, 5) is 30.1. The lowest BCUT2D eigenvalue weighted by Crippen LogP contribution is -2.35. The summed E-state index contributed by atoms with van der Waals surface area (Å²) in [7, 11) is 3.83. The van der Waals surface area contributed by atoms with E-state index in [4.69, 9.17) is 9.47 Å². The number of carbonyl (C=O) groups excluding carboxylic acids is 2. The highest BCUT2D eigenvalue weighted by Gasteiger charge is 2.45. The van der Waals surface area contributed by atoms with Crippen LogP contribution < -0.4 is 9.47 Å². The molecular weight excluding hydrogens is 504 g/mol. The molecule has 1 heterocycles. The molecule has 0 spiro atoms. The van der Waals surface area contributed by atoms with Crippen molar-refractivity contribution >= 4 is 17.4 Å². The van der Waals surface area contributed by atoms with Gasteiger partial charge >= 0.3 is 0 Å². The van der Waals surface area contributed by atoms with E-state index in [9.17, 15) is 14.7 Å². The van der Waals surface area contributed by atoms with Crippen LogP contribution in [0.3, 0.4) is 0 Å². The molecule has 4 rings (SSSR count). The number of likely N-dealkylation sites (tertiary alicyclic amines) is 1. The number of rotatable bonds is 11. The molecule has 1 amide bonds. The van der Waals surface area contributed by atoms with Gasteiger partial charge in [0.25, 0.3) is 11.7 Å². The molecule has 0 aromatic heterocycles. The van der Waals surface area contributed by atoms with E-state index in [1.165, 1.54) is 0 Å². The summed E-state index contributed by atoms with van der Waals surface area (Å²) in [5, 5.41) is 11.4. The Morgan fingerprint density at radius 2 is 1.68 bits per heavy atom. The average Bonchev–Trinajstić information content (AvgIpc) is 3.19. The minimum absolute atomic E-state index is 0.0805. The molecular formula is C33H38N2O5. The number of Topliss-reactive ketones (excluding diaryl/α,β-unsaturated/α-hetero) is 1. The van der Waals surface area contributed by atoms with Crippen LogP contribution in [0.25, 0.3) is 5.76 Å². The van der Waals surface area contributed by atoms with Gasteiger partial charge in [0.05, 0.1) is 18.2 Å². The molecule has 1 aliphatic heterocycles. The number of hydrogen-bond acceptors (Lipinski definition) is 6. The van der Waals surface area contributed by atoms with Crippen molar-refractivity contribution in [1.29, 1.82) is 0 Å². The molecule has 0 radical (unpaired) electrons. The number of likely N-dealkylation sites (N-methyl/N-ethyl adjacent to an activating group) is 1. The maximum Gasteiger partial charge on any atom is 0.295 e. The lowest BCUT2D eigenvalue weighted by Gasteiger charge is -2.26. The summed E-state index contributed by atoms with van der Waals surface area (Å²) in [5.41, 5.74) is 3.16. The fourth-order valence-corrected chi connectivity index (χ4v) is 4.62. The van der Waals surface area contributed by atoms with Crippen molar-refractivity contribution < 1.29 is 24.2 Å². The van der Waals surface area contributed by atoms with Crippen LogP contribution >= 0.6 is 0 Å². The first-order chi connectivity index (χ1) is 19.2. The van der Waals surface area contributed by atoms with Crippen molar-refractivity contribution in [2.75, 3.05) is 33.8 Å². The normalized spacial score (nSPS) is 16.7. The van der Waals surface area contributed by atoms with Crippen LogP contribution in [0, 0.1) is 12.8 Å². The number of carbonyl (C=O) groups is 2. The molecule has 3 aromatic carbocycles. The van der Waals surface area contributed by atoms with Gasteiger partial charge in [-0.2, -0.15) is 0 Å². The molecule has 7 nitrogen and oxygen atoms in total. The van der Waals surface area contributed by atoms with E-state index in [0.717, 1.165) is 22.4 Å². The Labute approximate surface area is 236 Å². The lowest BCUT2D eigenvalue weighted by atomic mass is 9.94. The van der Waals surface area contributed by atoms with Gasteiger partial charge in [-0.05, 0) is 74.0 Å². The van der Waals surface area contributed by atoms with Crippen LogP contribution in [0.2, 0.25) is 0 Å². The number of nitrogens with zero attached hydrogens (tertiary/aromatic N) is 2. The van der Waals surface area contributed by atoms with Crippen molar-refractivity contribution in [3.05, 3.63) is 101 Å². The largest absolute Gasteiger partial charge is 0.507 e. The fraction of sp³-hybridized carbons (Fsp3) is 0.333. The average molecular weight is 543 g/mol. The van der Waals surface area contributed by atoms with Gasteiger partial charge in [0.15, 0.2) is 0 Å². The van der Waals surface area contributed by atoms with Gasteiger partial charge in [-0.15, -0.1) is 0 Å². The summed E-state index contributed by atoms with van der Waals surface area (Å²) >= 11 is 0. The van der Waals surface area contributed by atoms with Crippen molar-refractivity contribution in [2.45, 2.75) is 33.4 Å². The molecule has 0 bridgehead atoms. The van der Waals surface area contributed by atoms with Crippen LogP contribution in [0.5, 0.6) is 11.5 Å². The first-order valence-electron chi connectivity index (χ1n) is 13.6. The van der Waals surface area contributed by atoms with Crippen molar-refractivity contribution in [3.63, 3.8) is 0 Å². The van der Waals surface area contributed by atoms with Gasteiger partial charge in [-0.25, -0.2) is 0 Å². The zero-order valence-corrected chi connectivity index (χ0v) is 23.9. The van der Waals surface area contributed by atoms with Crippen LogP contribution in [0.1, 0.15) is 42.1 Å². The maximum absolute atomic E-state index is 13.3. The molecule has 7 heteroatoms. The molecule has 1 N–H and O–H groups in total. The monoisotopic (exact) mass is 542 g/mol. The van der Waals surface area contributed by atoms with E-state index < -0.39 is 17.7 Å². The summed E-state index contributed by atoms with van der Waals surface area (Å²) in [6.07, 6.45) is 0. The zero-order valence-electron chi connectivity index (χ0n) is 23.9. The summed E-state index contributed by atoms with van der Waals surface area (Å²) in [6, 6.07) is 21.8. The predicted octanol–water partition coefficient (Wildman–Crippen LogP) is 5.59. The highest BCUT2D eigenvalue weighted by Crippen LogP contribution is 2.40. The Morgan fingerprint density at radius 1 is 0.975 bits per heavy atom. The minimum Gasteiger partial charge on any atom is -0.507 e. The molecule has 40 heavy (non-hydrogen) atoms. The van der Waals surface area contributed by atoms with Crippen LogP contribution in [0.4, 0.5) is 0 Å². The quantitative estimate of drug-likeness (QED) is 0.193. The third-order valence-electron chi connectivity index (χ3n) is 6.79. The second-order valence-electron chi connectivity index (χ2n) is 10.8. The topological polar surface area (TPSA) is 79.3 Å². The second-order valence-corrected chi connectivity index (χ2v) is 10.8. The Morgan fingerprint density at radius 3 is 2.30 bits per heavy atom. The van der Waals surface area contributed by atoms with Gasteiger partial charge in [0.1, 0.15) is 23.9 Å². The first kappa shape index (κ1) is 28.9. The van der Waals surface area contributed by atoms with Crippen molar-refractivity contribution in [3.8, 4) is 11.5 Å². The van der Waals surface area contributed by atoms with Crippen molar-refractivity contribution in [2.24, 2.45) is 5.92 Å². The van der Waals surface area contributed by atoms with Gasteiger partial charge in [0.2, 0.25) is 0 Å². The highest BCUT2D eigenvalue weighted by molar-refractivity contribution is 6.46. The number of aliphatic hydroxyl groups is 1. The van der Waals surface area contributed by atoms with Gasteiger partial charge in [-0.3, -0.25) is 9.59 Å². The van der Waals surface area contributed by atoms with Gasteiger partial charge in [-0.1, -0.05) is 56.3 Å². The molecule has 1 saturated heterocycles. The number of benzene rings is 3. The molecule has 1 atom stereocenters. The third kappa shape index (κ3) is 6.72. The number of hydrogen-bond donors (Lipinski definition) is 1. The number of aryl methyl sites for hydroxylation is 1. The second kappa shape index (κ2) is 12.8.